The Bertz CT molecular complexity index is 432. The zero-order chi connectivity index (χ0) is 14.1. The Balaban J connectivity index is 2.46. The number of rotatable bonds is 7. The molecule has 1 atom stereocenters. The van der Waals surface area contributed by atoms with Crippen LogP contribution in [-0.2, 0) is 4.79 Å². The van der Waals surface area contributed by atoms with E-state index in [0.29, 0.717) is 24.1 Å². The zero-order valence-electron chi connectivity index (χ0n) is 10.9. The van der Waals surface area contributed by atoms with Crippen molar-refractivity contribution in [3.05, 3.63) is 29.4 Å². The van der Waals surface area contributed by atoms with Crippen molar-refractivity contribution in [2.75, 3.05) is 6.54 Å². The van der Waals surface area contributed by atoms with Crippen LogP contribution >= 0.6 is 0 Å². The number of aliphatic hydroxyl groups excluding tert-OH is 1. The number of allylic oxidation sites excluding steroid dienone is 4. The van der Waals surface area contributed by atoms with E-state index in [1.54, 1.807) is 18.2 Å². The Labute approximate surface area is 112 Å². The summed E-state index contributed by atoms with van der Waals surface area (Å²) in [5, 5.41) is 18.5. The topological polar surface area (TPSA) is 95.9 Å². The summed E-state index contributed by atoms with van der Waals surface area (Å²) in [5.74, 6) is 1.78. The third-order valence-corrected chi connectivity index (χ3v) is 2.77. The van der Waals surface area contributed by atoms with Gasteiger partial charge in [-0.15, -0.1) is 0 Å². The molecule has 1 unspecified atom stereocenters. The molecule has 0 fully saturated rings. The fraction of sp³-hybridized carbons (Fsp3) is 0.500. The van der Waals surface area contributed by atoms with E-state index in [4.69, 9.17) is 10.8 Å². The summed E-state index contributed by atoms with van der Waals surface area (Å²) >= 11 is 0. The van der Waals surface area contributed by atoms with Crippen LogP contribution in [0.25, 0.3) is 0 Å². The van der Waals surface area contributed by atoms with Crippen LogP contribution < -0.4 is 5.73 Å². The zero-order valence-corrected chi connectivity index (χ0v) is 10.9. The molecule has 0 aromatic heterocycles. The molecular formula is C14H20N2O3. The highest BCUT2D eigenvalue weighted by molar-refractivity contribution is 5.89. The molecule has 0 aliphatic heterocycles. The number of carboxylic acids is 1. The largest absolute Gasteiger partial charge is 0.478 e. The molecule has 0 aromatic rings. The van der Waals surface area contributed by atoms with E-state index in [-0.39, 0.29) is 6.42 Å². The molecule has 104 valence electrons. The second kappa shape index (κ2) is 8.43. The highest BCUT2D eigenvalue weighted by Gasteiger charge is 2.10. The molecule has 5 nitrogen and oxygen atoms in total. The Morgan fingerprint density at radius 3 is 2.95 bits per heavy atom. The number of nitrogens with two attached hydrogens (primary N) is 1. The van der Waals surface area contributed by atoms with Gasteiger partial charge >= 0.3 is 5.97 Å². The molecule has 4 N–H and O–H groups in total. The van der Waals surface area contributed by atoms with Crippen molar-refractivity contribution in [2.24, 2.45) is 10.7 Å². The summed E-state index contributed by atoms with van der Waals surface area (Å²) in [7, 11) is 0. The first-order valence-electron chi connectivity index (χ1n) is 6.44. The van der Waals surface area contributed by atoms with Gasteiger partial charge < -0.3 is 15.9 Å². The van der Waals surface area contributed by atoms with Crippen LogP contribution in [0.1, 0.15) is 32.1 Å². The van der Waals surface area contributed by atoms with Crippen molar-refractivity contribution in [3.8, 4) is 0 Å². The van der Waals surface area contributed by atoms with Crippen molar-refractivity contribution in [1.82, 2.24) is 0 Å². The van der Waals surface area contributed by atoms with Gasteiger partial charge in [-0.05, 0) is 37.8 Å². The first kappa shape index (κ1) is 15.4. The van der Waals surface area contributed by atoms with Gasteiger partial charge in [0.05, 0.1) is 0 Å². The fourth-order valence-electron chi connectivity index (χ4n) is 1.70. The molecule has 0 saturated heterocycles. The van der Waals surface area contributed by atoms with Crippen LogP contribution in [0.4, 0.5) is 0 Å². The maximum Gasteiger partial charge on any atom is 0.331 e. The SMILES string of the molecule is NCCCCCC(O)N=C=C1C=CC=C(C(=O)O)C1. The first-order valence-corrected chi connectivity index (χ1v) is 6.44. The predicted octanol–water partition coefficient (Wildman–Crippen LogP) is 1.39. The van der Waals surface area contributed by atoms with Crippen molar-refractivity contribution < 1.29 is 15.0 Å². The Morgan fingerprint density at radius 1 is 1.47 bits per heavy atom. The number of carboxylic acid groups (broad SMARTS) is 1. The number of hydrogen-bond donors (Lipinski definition) is 3. The lowest BCUT2D eigenvalue weighted by Crippen LogP contribution is -2.05. The smallest absolute Gasteiger partial charge is 0.331 e. The average molecular weight is 264 g/mol. The Hall–Kier alpha value is -1.68. The number of aliphatic carboxylic acids is 1. The molecule has 1 aliphatic carbocycles. The lowest BCUT2D eigenvalue weighted by molar-refractivity contribution is -0.132. The van der Waals surface area contributed by atoms with E-state index in [1.165, 1.54) is 0 Å². The number of unbranched alkanes of at least 4 members (excludes halogenated alkanes) is 2. The summed E-state index contributed by atoms with van der Waals surface area (Å²) < 4.78 is 0. The number of hydrogen-bond acceptors (Lipinski definition) is 4. The quantitative estimate of drug-likeness (QED) is 0.478. The van der Waals surface area contributed by atoms with Gasteiger partial charge in [0.2, 0.25) is 0 Å². The normalized spacial score (nSPS) is 15.7. The maximum atomic E-state index is 10.8. The lowest BCUT2D eigenvalue weighted by Gasteiger charge is -2.05. The molecular weight excluding hydrogens is 244 g/mol. The average Bonchev–Trinajstić information content (AvgIpc) is 2.41. The van der Waals surface area contributed by atoms with Crippen LogP contribution in [-0.4, -0.2) is 34.8 Å². The molecule has 0 spiro atoms. The van der Waals surface area contributed by atoms with Crippen LogP contribution in [0, 0.1) is 0 Å². The molecule has 19 heavy (non-hydrogen) atoms. The van der Waals surface area contributed by atoms with Gasteiger partial charge in [-0.2, -0.15) is 0 Å². The summed E-state index contributed by atoms with van der Waals surface area (Å²) in [5.41, 5.74) is 6.35. The van der Waals surface area contributed by atoms with Crippen molar-refractivity contribution in [3.63, 3.8) is 0 Å². The molecule has 0 heterocycles. The van der Waals surface area contributed by atoms with Gasteiger partial charge in [-0.25, -0.2) is 9.79 Å². The highest BCUT2D eigenvalue weighted by atomic mass is 16.4. The molecule has 0 bridgehead atoms. The third kappa shape index (κ3) is 6.15. The minimum absolute atomic E-state index is 0.287. The van der Waals surface area contributed by atoms with E-state index in [9.17, 15) is 9.90 Å². The molecule has 0 radical (unpaired) electrons. The lowest BCUT2D eigenvalue weighted by atomic mass is 10.0. The molecule has 5 heteroatoms. The van der Waals surface area contributed by atoms with E-state index < -0.39 is 12.2 Å². The van der Waals surface area contributed by atoms with Crippen LogP contribution in [0.2, 0.25) is 0 Å². The van der Waals surface area contributed by atoms with Crippen LogP contribution in [0.15, 0.2) is 34.4 Å². The molecule has 0 saturated carbocycles. The van der Waals surface area contributed by atoms with Gasteiger partial charge in [0.15, 0.2) is 6.23 Å². The molecule has 0 amide bonds. The second-order valence-corrected chi connectivity index (χ2v) is 4.42. The summed E-state index contributed by atoms with van der Waals surface area (Å²) in [6.07, 6.45) is 7.83. The summed E-state index contributed by atoms with van der Waals surface area (Å²) in [6.45, 7) is 0.665. The predicted molar refractivity (Wildman–Crippen MR) is 74.0 cm³/mol. The number of aliphatic imine (C=N–C) groups is 1. The minimum atomic E-state index is -0.939. The summed E-state index contributed by atoms with van der Waals surface area (Å²) in [4.78, 5) is 14.7. The second-order valence-electron chi connectivity index (χ2n) is 4.42. The van der Waals surface area contributed by atoms with E-state index >= 15 is 0 Å². The fourth-order valence-corrected chi connectivity index (χ4v) is 1.70. The first-order chi connectivity index (χ1) is 9.13. The van der Waals surface area contributed by atoms with Crippen molar-refractivity contribution >= 4 is 11.8 Å². The monoisotopic (exact) mass is 264 g/mol. The van der Waals surface area contributed by atoms with E-state index in [2.05, 4.69) is 10.9 Å². The van der Waals surface area contributed by atoms with Crippen molar-refractivity contribution in [1.29, 1.82) is 0 Å². The maximum absolute atomic E-state index is 10.8. The molecule has 0 aromatic carbocycles. The van der Waals surface area contributed by atoms with Gasteiger partial charge in [-0.1, -0.05) is 18.6 Å². The molecule has 1 rings (SSSR count). The number of carbonyl (C=O) groups is 1. The standard InChI is InChI=1S/C14H20N2O3/c15-8-3-1-2-7-13(17)16-10-11-5-4-6-12(9-11)14(18)19/h4-6,13,17H,1-3,7-9,15H2,(H,18,19). The van der Waals surface area contributed by atoms with E-state index in [0.717, 1.165) is 19.3 Å². The molecule has 1 aliphatic rings. The van der Waals surface area contributed by atoms with Crippen molar-refractivity contribution in [2.45, 2.75) is 38.3 Å². The van der Waals surface area contributed by atoms with Gasteiger partial charge in [0.25, 0.3) is 0 Å². The van der Waals surface area contributed by atoms with Gasteiger partial charge in [-0.3, -0.25) is 0 Å². The van der Waals surface area contributed by atoms with Gasteiger partial charge in [0, 0.05) is 17.6 Å². The number of aliphatic hydroxyl groups is 1. The van der Waals surface area contributed by atoms with Crippen LogP contribution in [0.3, 0.4) is 0 Å². The highest BCUT2D eigenvalue weighted by Crippen LogP contribution is 2.15. The van der Waals surface area contributed by atoms with Gasteiger partial charge in [0.1, 0.15) is 0 Å². The summed E-state index contributed by atoms with van der Waals surface area (Å²) in [6, 6.07) is 0. The van der Waals surface area contributed by atoms with E-state index in [1.807, 2.05) is 0 Å². The minimum Gasteiger partial charge on any atom is -0.478 e. The number of nitrogens with zero attached hydrogens (tertiary/aromatic N) is 1. The Kier molecular flexibility index (Phi) is 6.82. The Morgan fingerprint density at radius 2 is 2.26 bits per heavy atom. The third-order valence-electron chi connectivity index (χ3n) is 2.77. The van der Waals surface area contributed by atoms with Crippen LogP contribution in [0.5, 0.6) is 0 Å².